The van der Waals surface area contributed by atoms with Gasteiger partial charge in [-0.3, -0.25) is 4.79 Å². The maximum absolute atomic E-state index is 12.5. The molecule has 2 aliphatic heterocycles. The molecule has 0 radical (unpaired) electrons. The molecule has 1 amide bonds. The van der Waals surface area contributed by atoms with Gasteiger partial charge in [-0.1, -0.05) is 24.3 Å². The maximum atomic E-state index is 12.5. The van der Waals surface area contributed by atoms with Gasteiger partial charge in [0.15, 0.2) is 0 Å². The molecule has 2 heterocycles. The minimum Gasteiger partial charge on any atom is -0.353 e. The first-order chi connectivity index (χ1) is 9.34. The molecule has 1 aromatic carbocycles. The molecule has 102 valence electrons. The van der Waals surface area contributed by atoms with E-state index >= 15 is 0 Å². The summed E-state index contributed by atoms with van der Waals surface area (Å²) in [6.07, 6.45) is 2.07. The molecule has 3 N–H and O–H groups in total. The van der Waals surface area contributed by atoms with Crippen LogP contribution in [0.15, 0.2) is 24.3 Å². The molecule has 1 unspecified atom stereocenters. The fourth-order valence-corrected chi connectivity index (χ4v) is 3.00. The predicted octanol–water partition coefficient (Wildman–Crippen LogP) is 0.742. The molecule has 0 saturated carbocycles. The molecule has 4 nitrogen and oxygen atoms in total. The van der Waals surface area contributed by atoms with E-state index < -0.39 is 0 Å². The zero-order chi connectivity index (χ0) is 13.1. The number of hydrogen-bond donors (Lipinski definition) is 3. The maximum Gasteiger partial charge on any atom is 0.229 e. The fraction of sp³-hybridized carbons (Fsp3) is 0.533. The summed E-state index contributed by atoms with van der Waals surface area (Å²) in [5, 5.41) is 9.87. The van der Waals surface area contributed by atoms with Crippen molar-refractivity contribution in [3.05, 3.63) is 35.4 Å². The predicted molar refractivity (Wildman–Crippen MR) is 74.9 cm³/mol. The van der Waals surface area contributed by atoms with Gasteiger partial charge < -0.3 is 16.0 Å². The third kappa shape index (κ3) is 2.80. The number of hydrogen-bond acceptors (Lipinski definition) is 3. The van der Waals surface area contributed by atoms with Crippen molar-refractivity contribution >= 4 is 5.91 Å². The van der Waals surface area contributed by atoms with Crippen LogP contribution in [0.2, 0.25) is 0 Å². The monoisotopic (exact) mass is 259 g/mol. The van der Waals surface area contributed by atoms with E-state index in [9.17, 15) is 4.79 Å². The molecule has 0 bridgehead atoms. The molecular formula is C15H21N3O. The summed E-state index contributed by atoms with van der Waals surface area (Å²) >= 11 is 0. The molecule has 0 aliphatic carbocycles. The van der Waals surface area contributed by atoms with E-state index in [2.05, 4.69) is 28.1 Å². The number of carbonyl (C=O) groups is 1. The van der Waals surface area contributed by atoms with Crippen LogP contribution < -0.4 is 16.0 Å². The first-order valence-electron chi connectivity index (χ1n) is 7.14. The zero-order valence-corrected chi connectivity index (χ0v) is 11.1. The van der Waals surface area contributed by atoms with E-state index in [1.54, 1.807) is 0 Å². The summed E-state index contributed by atoms with van der Waals surface area (Å²) in [6.45, 7) is 3.62. The van der Waals surface area contributed by atoms with Gasteiger partial charge in [-0.2, -0.15) is 0 Å². The molecule has 1 aromatic rings. The van der Waals surface area contributed by atoms with Gasteiger partial charge in [0.25, 0.3) is 0 Å². The smallest absolute Gasteiger partial charge is 0.229 e. The quantitative estimate of drug-likeness (QED) is 0.734. The van der Waals surface area contributed by atoms with Gasteiger partial charge in [0, 0.05) is 19.1 Å². The highest BCUT2D eigenvalue weighted by atomic mass is 16.2. The van der Waals surface area contributed by atoms with Crippen LogP contribution in [-0.2, 0) is 11.3 Å². The molecule has 3 rings (SSSR count). The molecule has 1 fully saturated rings. The van der Waals surface area contributed by atoms with Crippen molar-refractivity contribution < 1.29 is 4.79 Å². The first-order valence-corrected chi connectivity index (χ1v) is 7.14. The lowest BCUT2D eigenvalue weighted by Gasteiger charge is -2.29. The number of piperidine rings is 1. The van der Waals surface area contributed by atoms with Gasteiger partial charge in [-0.25, -0.2) is 0 Å². The Balaban J connectivity index is 1.70. The summed E-state index contributed by atoms with van der Waals surface area (Å²) in [6, 6.07) is 8.58. The average molecular weight is 259 g/mol. The molecule has 1 saturated heterocycles. The summed E-state index contributed by atoms with van der Waals surface area (Å²) in [5.41, 5.74) is 2.44. The number of carbonyl (C=O) groups excluding carboxylic acids is 1. The van der Waals surface area contributed by atoms with Crippen LogP contribution in [0.25, 0.3) is 0 Å². The lowest BCUT2D eigenvalue weighted by molar-refractivity contribution is -0.123. The largest absolute Gasteiger partial charge is 0.353 e. The Morgan fingerprint density at radius 1 is 1.16 bits per heavy atom. The summed E-state index contributed by atoms with van der Waals surface area (Å²) in [5.74, 6) is 0.131. The number of amides is 1. The van der Waals surface area contributed by atoms with Crippen molar-refractivity contribution in [2.24, 2.45) is 0 Å². The summed E-state index contributed by atoms with van der Waals surface area (Å²) < 4.78 is 0. The number of rotatable bonds is 2. The second-order valence-corrected chi connectivity index (χ2v) is 5.42. The van der Waals surface area contributed by atoms with E-state index in [1.807, 2.05) is 12.1 Å². The zero-order valence-electron chi connectivity index (χ0n) is 11.1. The van der Waals surface area contributed by atoms with Crippen LogP contribution in [0.4, 0.5) is 0 Å². The van der Waals surface area contributed by atoms with Crippen LogP contribution in [0, 0.1) is 0 Å². The van der Waals surface area contributed by atoms with Crippen LogP contribution >= 0.6 is 0 Å². The molecule has 2 aliphatic rings. The van der Waals surface area contributed by atoms with E-state index in [0.717, 1.165) is 39.0 Å². The SMILES string of the molecule is O=C(NC1CCNCC1)C1CNCc2ccccc21. The van der Waals surface area contributed by atoms with Crippen LogP contribution in [0.1, 0.15) is 29.9 Å². The van der Waals surface area contributed by atoms with E-state index in [0.29, 0.717) is 6.04 Å². The van der Waals surface area contributed by atoms with Crippen molar-refractivity contribution in [1.82, 2.24) is 16.0 Å². The Labute approximate surface area is 114 Å². The van der Waals surface area contributed by atoms with Gasteiger partial charge in [0.05, 0.1) is 5.92 Å². The van der Waals surface area contributed by atoms with Crippen LogP contribution in [-0.4, -0.2) is 31.6 Å². The second kappa shape index (κ2) is 5.72. The van der Waals surface area contributed by atoms with Crippen LogP contribution in [0.3, 0.4) is 0 Å². The average Bonchev–Trinajstić information content (AvgIpc) is 2.47. The van der Waals surface area contributed by atoms with Gasteiger partial charge in [-0.15, -0.1) is 0 Å². The molecule has 19 heavy (non-hydrogen) atoms. The third-order valence-corrected chi connectivity index (χ3v) is 4.10. The van der Waals surface area contributed by atoms with Crippen molar-refractivity contribution in [2.45, 2.75) is 31.3 Å². The van der Waals surface area contributed by atoms with Gasteiger partial charge in [0.1, 0.15) is 0 Å². The number of nitrogens with one attached hydrogen (secondary N) is 3. The fourth-order valence-electron chi connectivity index (χ4n) is 3.00. The van der Waals surface area contributed by atoms with Crippen molar-refractivity contribution in [3.63, 3.8) is 0 Å². The lowest BCUT2D eigenvalue weighted by atomic mass is 9.90. The minimum absolute atomic E-state index is 0.0418. The van der Waals surface area contributed by atoms with E-state index in [4.69, 9.17) is 0 Å². The van der Waals surface area contributed by atoms with Gasteiger partial charge in [-0.05, 0) is 37.1 Å². The standard InChI is InChI=1S/C15H21N3O/c19-15(18-12-5-7-16-8-6-12)14-10-17-9-11-3-1-2-4-13(11)14/h1-4,12,14,16-17H,5-10H2,(H,18,19). The molecular weight excluding hydrogens is 238 g/mol. The molecule has 4 heteroatoms. The Hall–Kier alpha value is -1.39. The van der Waals surface area contributed by atoms with Crippen molar-refractivity contribution in [3.8, 4) is 0 Å². The molecule has 0 spiro atoms. The highest BCUT2D eigenvalue weighted by Crippen LogP contribution is 2.24. The van der Waals surface area contributed by atoms with E-state index in [1.165, 1.54) is 11.1 Å². The molecule has 0 aromatic heterocycles. The number of benzene rings is 1. The Bertz CT molecular complexity index is 454. The third-order valence-electron chi connectivity index (χ3n) is 4.10. The first kappa shape index (κ1) is 12.6. The molecule has 1 atom stereocenters. The Morgan fingerprint density at radius 3 is 2.79 bits per heavy atom. The van der Waals surface area contributed by atoms with Gasteiger partial charge >= 0.3 is 0 Å². The highest BCUT2D eigenvalue weighted by Gasteiger charge is 2.27. The number of fused-ring (bicyclic) bond motifs is 1. The van der Waals surface area contributed by atoms with Gasteiger partial charge in [0.2, 0.25) is 5.91 Å². The summed E-state index contributed by atoms with van der Waals surface area (Å²) in [4.78, 5) is 12.5. The summed E-state index contributed by atoms with van der Waals surface area (Å²) in [7, 11) is 0. The normalized spacial score (nSPS) is 23.7. The van der Waals surface area contributed by atoms with Crippen molar-refractivity contribution in [1.29, 1.82) is 0 Å². The van der Waals surface area contributed by atoms with Crippen molar-refractivity contribution in [2.75, 3.05) is 19.6 Å². The van der Waals surface area contributed by atoms with E-state index in [-0.39, 0.29) is 11.8 Å². The minimum atomic E-state index is -0.0418. The Kier molecular flexibility index (Phi) is 3.80. The second-order valence-electron chi connectivity index (χ2n) is 5.42. The topological polar surface area (TPSA) is 53.2 Å². The van der Waals surface area contributed by atoms with Crippen LogP contribution in [0.5, 0.6) is 0 Å². The Morgan fingerprint density at radius 2 is 1.95 bits per heavy atom. The highest BCUT2D eigenvalue weighted by molar-refractivity contribution is 5.85. The lowest BCUT2D eigenvalue weighted by Crippen LogP contribution is -2.46.